The molecule has 2 heterocycles. The van der Waals surface area contributed by atoms with E-state index in [1.807, 2.05) is 13.0 Å². The Morgan fingerprint density at radius 1 is 1.00 bits per heavy atom. The maximum Gasteiger partial charge on any atom is 0.295 e. The maximum absolute atomic E-state index is 13.5. The predicted octanol–water partition coefficient (Wildman–Crippen LogP) is 5.21. The van der Waals surface area contributed by atoms with Crippen molar-refractivity contribution in [3.05, 3.63) is 104 Å². The molecule has 0 saturated heterocycles. The third kappa shape index (κ3) is 2.78. The van der Waals surface area contributed by atoms with Gasteiger partial charge in [-0.05, 0) is 55.0 Å². The van der Waals surface area contributed by atoms with Crippen molar-refractivity contribution in [2.24, 2.45) is 0 Å². The summed E-state index contributed by atoms with van der Waals surface area (Å²) in [5, 5.41) is 10.6. The van der Waals surface area contributed by atoms with E-state index in [-0.39, 0.29) is 22.5 Å². The Hall–Kier alpha value is -3.57. The zero-order valence-corrected chi connectivity index (χ0v) is 16.7. The molecular formula is C24H16ClNO4. The van der Waals surface area contributed by atoms with E-state index in [0.29, 0.717) is 27.2 Å². The number of fused-ring (bicyclic) bond motifs is 2. The molecule has 6 heteroatoms. The number of hydrogen-bond donors (Lipinski definition) is 1. The van der Waals surface area contributed by atoms with E-state index in [0.717, 1.165) is 5.56 Å². The number of phenols is 1. The third-order valence-corrected chi connectivity index (χ3v) is 5.56. The molecule has 0 bridgehead atoms. The van der Waals surface area contributed by atoms with Gasteiger partial charge < -0.3 is 9.52 Å². The molecule has 1 aromatic heterocycles. The minimum atomic E-state index is -0.701. The number of aromatic hydroxyl groups is 1. The van der Waals surface area contributed by atoms with Gasteiger partial charge in [0, 0.05) is 10.7 Å². The maximum atomic E-state index is 13.5. The lowest BCUT2D eigenvalue weighted by molar-refractivity contribution is 0.0971. The molecule has 4 aromatic rings. The molecule has 1 unspecified atom stereocenters. The fraction of sp³-hybridized carbons (Fsp3) is 0.0833. The van der Waals surface area contributed by atoms with Crippen LogP contribution in [0.2, 0.25) is 5.02 Å². The van der Waals surface area contributed by atoms with Gasteiger partial charge in [-0.1, -0.05) is 41.4 Å². The monoisotopic (exact) mass is 417 g/mol. The molecular weight excluding hydrogens is 402 g/mol. The van der Waals surface area contributed by atoms with Crippen molar-refractivity contribution < 1.29 is 14.3 Å². The highest BCUT2D eigenvalue weighted by atomic mass is 35.5. The average molecular weight is 418 g/mol. The first-order valence-electron chi connectivity index (χ1n) is 9.39. The van der Waals surface area contributed by atoms with Crippen LogP contribution < -0.4 is 10.3 Å². The number of amides is 1. The molecule has 1 aliphatic heterocycles. The number of carbonyl (C=O) groups excluding carboxylic acids is 1. The summed E-state index contributed by atoms with van der Waals surface area (Å²) in [6.07, 6.45) is 0. The van der Waals surface area contributed by atoms with Crippen molar-refractivity contribution in [3.63, 3.8) is 0 Å². The second-order valence-corrected chi connectivity index (χ2v) is 7.76. The van der Waals surface area contributed by atoms with Crippen LogP contribution in [0.25, 0.3) is 11.0 Å². The van der Waals surface area contributed by atoms with Gasteiger partial charge in [-0.25, -0.2) is 0 Å². The van der Waals surface area contributed by atoms with E-state index < -0.39 is 11.9 Å². The molecule has 1 amide bonds. The van der Waals surface area contributed by atoms with Crippen molar-refractivity contribution >= 4 is 34.2 Å². The zero-order chi connectivity index (χ0) is 21.0. The number of halogens is 1. The van der Waals surface area contributed by atoms with Gasteiger partial charge in [-0.15, -0.1) is 0 Å². The van der Waals surface area contributed by atoms with Gasteiger partial charge >= 0.3 is 0 Å². The topological polar surface area (TPSA) is 70.8 Å². The lowest BCUT2D eigenvalue weighted by Gasteiger charge is -2.25. The first kappa shape index (κ1) is 18.5. The Balaban J connectivity index is 1.83. The van der Waals surface area contributed by atoms with Crippen LogP contribution in [0.15, 0.2) is 75.9 Å². The van der Waals surface area contributed by atoms with Crippen LogP contribution in [0, 0.1) is 6.92 Å². The zero-order valence-electron chi connectivity index (χ0n) is 15.9. The van der Waals surface area contributed by atoms with Gasteiger partial charge in [0.15, 0.2) is 5.43 Å². The van der Waals surface area contributed by atoms with E-state index in [4.69, 9.17) is 16.0 Å². The first-order valence-corrected chi connectivity index (χ1v) is 9.77. The van der Waals surface area contributed by atoms with Gasteiger partial charge in [0.25, 0.3) is 5.91 Å². The molecule has 5 rings (SSSR count). The normalized spacial score (nSPS) is 15.6. The number of aryl methyl sites for hydroxylation is 1. The summed E-state index contributed by atoms with van der Waals surface area (Å²) < 4.78 is 5.94. The number of nitrogens with zero attached hydrogens (tertiary/aromatic N) is 1. The third-order valence-electron chi connectivity index (χ3n) is 5.32. The lowest BCUT2D eigenvalue weighted by Crippen LogP contribution is -2.29. The minimum Gasteiger partial charge on any atom is -0.508 e. The number of benzene rings is 3. The van der Waals surface area contributed by atoms with Gasteiger partial charge in [-0.2, -0.15) is 0 Å². The van der Waals surface area contributed by atoms with Gasteiger partial charge in [0.1, 0.15) is 11.3 Å². The molecule has 0 spiro atoms. The molecule has 1 N–H and O–H groups in total. The van der Waals surface area contributed by atoms with Crippen LogP contribution in [0.1, 0.15) is 33.3 Å². The van der Waals surface area contributed by atoms with Crippen LogP contribution in [0.4, 0.5) is 5.69 Å². The fourth-order valence-corrected chi connectivity index (χ4v) is 4.14. The summed E-state index contributed by atoms with van der Waals surface area (Å²) >= 11 is 6.17. The minimum absolute atomic E-state index is 0.0226. The average Bonchev–Trinajstić information content (AvgIpc) is 3.02. The Morgan fingerprint density at radius 3 is 2.50 bits per heavy atom. The van der Waals surface area contributed by atoms with Gasteiger partial charge in [-0.3, -0.25) is 14.5 Å². The van der Waals surface area contributed by atoms with E-state index in [1.165, 1.54) is 17.0 Å². The van der Waals surface area contributed by atoms with E-state index >= 15 is 0 Å². The number of hydrogen-bond acceptors (Lipinski definition) is 4. The molecule has 148 valence electrons. The molecule has 3 aromatic carbocycles. The predicted molar refractivity (Wildman–Crippen MR) is 115 cm³/mol. The summed E-state index contributed by atoms with van der Waals surface area (Å²) in [5.74, 6) is -0.293. The fourth-order valence-electron chi connectivity index (χ4n) is 3.95. The highest BCUT2D eigenvalue weighted by molar-refractivity contribution is 6.31. The second kappa shape index (κ2) is 6.75. The molecule has 30 heavy (non-hydrogen) atoms. The Kier molecular flexibility index (Phi) is 4.15. The van der Waals surface area contributed by atoms with Crippen molar-refractivity contribution in [2.75, 3.05) is 4.90 Å². The quantitative estimate of drug-likeness (QED) is 0.486. The summed E-state index contributed by atoms with van der Waals surface area (Å²) in [5.41, 5.74) is 2.56. The summed E-state index contributed by atoms with van der Waals surface area (Å²) in [6.45, 7) is 1.90. The van der Waals surface area contributed by atoms with Crippen LogP contribution in [0.5, 0.6) is 5.75 Å². The van der Waals surface area contributed by atoms with Crippen molar-refractivity contribution in [1.29, 1.82) is 0 Å². The molecule has 0 fully saturated rings. The SMILES string of the molecule is Cc1ccc2oc3c(c(=O)c2c1)C(c1ccc(O)cc1)N(c1cccc(Cl)c1)C3=O. The van der Waals surface area contributed by atoms with Crippen molar-refractivity contribution in [1.82, 2.24) is 0 Å². The van der Waals surface area contributed by atoms with Crippen LogP contribution in [0.3, 0.4) is 0 Å². The summed E-state index contributed by atoms with van der Waals surface area (Å²) in [7, 11) is 0. The number of phenolic OH excluding ortho intramolecular Hbond substituents is 1. The summed E-state index contributed by atoms with van der Waals surface area (Å²) in [4.78, 5) is 28.4. The smallest absolute Gasteiger partial charge is 0.295 e. The lowest BCUT2D eigenvalue weighted by atomic mass is 9.98. The van der Waals surface area contributed by atoms with Crippen LogP contribution in [-0.2, 0) is 0 Å². The largest absolute Gasteiger partial charge is 0.508 e. The highest BCUT2D eigenvalue weighted by Crippen LogP contribution is 2.42. The first-order chi connectivity index (χ1) is 14.4. The van der Waals surface area contributed by atoms with Gasteiger partial charge in [0.2, 0.25) is 5.76 Å². The van der Waals surface area contributed by atoms with Crippen LogP contribution >= 0.6 is 11.6 Å². The number of anilines is 1. The Bertz CT molecular complexity index is 1370. The van der Waals surface area contributed by atoms with E-state index in [1.54, 1.807) is 48.5 Å². The molecule has 0 aliphatic carbocycles. The van der Waals surface area contributed by atoms with Crippen molar-refractivity contribution in [2.45, 2.75) is 13.0 Å². The van der Waals surface area contributed by atoms with E-state index in [9.17, 15) is 14.7 Å². The summed E-state index contributed by atoms with van der Waals surface area (Å²) in [6, 6.07) is 18.0. The number of carbonyl (C=O) groups is 1. The molecule has 1 atom stereocenters. The van der Waals surface area contributed by atoms with Crippen LogP contribution in [-0.4, -0.2) is 11.0 Å². The van der Waals surface area contributed by atoms with Crippen molar-refractivity contribution in [3.8, 4) is 5.75 Å². The molecule has 0 radical (unpaired) electrons. The standard InChI is InChI=1S/C24H16ClNO4/c1-13-5-10-19-18(11-13)22(28)20-21(14-6-8-17(27)9-7-14)26(24(29)23(20)30-19)16-4-2-3-15(25)12-16/h2-12,21,27H,1H3. The van der Waals surface area contributed by atoms with Gasteiger partial charge in [0.05, 0.1) is 17.0 Å². The Morgan fingerprint density at radius 2 is 1.77 bits per heavy atom. The highest BCUT2D eigenvalue weighted by Gasteiger charge is 2.43. The number of rotatable bonds is 2. The van der Waals surface area contributed by atoms with E-state index in [2.05, 4.69) is 0 Å². The molecule has 0 saturated carbocycles. The molecule has 1 aliphatic rings. The Labute approximate surface area is 176 Å². The second-order valence-electron chi connectivity index (χ2n) is 7.32. The molecule has 5 nitrogen and oxygen atoms in total.